The van der Waals surface area contributed by atoms with Crippen LogP contribution in [-0.2, 0) is 6.54 Å². The van der Waals surface area contributed by atoms with E-state index in [0.717, 1.165) is 5.56 Å². The lowest BCUT2D eigenvalue weighted by atomic mass is 10.2. The lowest BCUT2D eigenvalue weighted by Crippen LogP contribution is -2.30. The van der Waals surface area contributed by atoms with Gasteiger partial charge in [-0.15, -0.1) is 0 Å². The minimum Gasteiger partial charge on any atom is -0.295 e. The molecule has 0 spiro atoms. The monoisotopic (exact) mass is 314 g/mol. The van der Waals surface area contributed by atoms with Gasteiger partial charge in [-0.3, -0.25) is 14.3 Å². The van der Waals surface area contributed by atoms with E-state index in [9.17, 15) is 9.59 Å². The summed E-state index contributed by atoms with van der Waals surface area (Å²) in [7, 11) is 0. The van der Waals surface area contributed by atoms with Crippen molar-refractivity contribution in [2.75, 3.05) is 0 Å². The molecule has 0 aliphatic rings. The Morgan fingerprint density at radius 3 is 2.71 bits per heavy atom. The molecule has 2 aromatic rings. The Balaban J connectivity index is 2.44. The molecule has 6 heteroatoms. The molecular weight excluding hydrogens is 307 g/mol. The number of halogens is 2. The van der Waals surface area contributed by atoms with Crippen molar-refractivity contribution in [2.24, 2.45) is 0 Å². The fourth-order valence-electron chi connectivity index (χ4n) is 1.41. The Kier molecular flexibility index (Phi) is 3.49. The highest BCUT2D eigenvalue weighted by molar-refractivity contribution is 9.10. The van der Waals surface area contributed by atoms with Gasteiger partial charge in [0.05, 0.1) is 11.0 Å². The standard InChI is InChI=1S/C11H8BrClN2O2/c12-8-6-15(11(17)14-10(8)16)5-7-3-1-2-4-9(7)13/h1-4,6H,5H2,(H,14,16,17). The third-order valence-corrected chi connectivity index (χ3v) is 3.20. The van der Waals surface area contributed by atoms with Crippen molar-refractivity contribution in [3.8, 4) is 0 Å². The molecule has 0 amide bonds. The average Bonchev–Trinajstić information content (AvgIpc) is 2.29. The normalized spacial score (nSPS) is 10.5. The smallest absolute Gasteiger partial charge is 0.295 e. The molecule has 88 valence electrons. The second-order valence-corrected chi connectivity index (χ2v) is 4.72. The van der Waals surface area contributed by atoms with Gasteiger partial charge in [0.2, 0.25) is 0 Å². The molecule has 1 aromatic heterocycles. The van der Waals surface area contributed by atoms with Crippen molar-refractivity contribution >= 4 is 27.5 Å². The summed E-state index contributed by atoms with van der Waals surface area (Å²) in [6.07, 6.45) is 1.45. The van der Waals surface area contributed by atoms with Gasteiger partial charge >= 0.3 is 5.69 Å². The first kappa shape index (κ1) is 12.1. The highest BCUT2D eigenvalue weighted by Crippen LogP contribution is 2.15. The first-order valence-electron chi connectivity index (χ1n) is 4.80. The van der Waals surface area contributed by atoms with Crippen molar-refractivity contribution in [1.29, 1.82) is 0 Å². The SMILES string of the molecule is O=c1[nH]c(=O)n(Cc2ccccc2Cl)cc1Br. The van der Waals surface area contributed by atoms with E-state index in [1.807, 2.05) is 18.2 Å². The topological polar surface area (TPSA) is 54.9 Å². The van der Waals surface area contributed by atoms with Crippen molar-refractivity contribution in [2.45, 2.75) is 6.54 Å². The van der Waals surface area contributed by atoms with Gasteiger partial charge in [0, 0.05) is 11.2 Å². The summed E-state index contributed by atoms with van der Waals surface area (Å²) < 4.78 is 1.69. The van der Waals surface area contributed by atoms with Crippen molar-refractivity contribution in [3.63, 3.8) is 0 Å². The quantitative estimate of drug-likeness (QED) is 0.921. The van der Waals surface area contributed by atoms with Gasteiger partial charge in [0.15, 0.2) is 0 Å². The predicted octanol–water partition coefficient (Wildman–Crippen LogP) is 2.00. The Hall–Kier alpha value is -1.33. The third kappa shape index (κ3) is 2.68. The van der Waals surface area contributed by atoms with Gasteiger partial charge in [-0.05, 0) is 27.6 Å². The largest absolute Gasteiger partial charge is 0.328 e. The van der Waals surface area contributed by atoms with Crippen LogP contribution in [0.4, 0.5) is 0 Å². The molecule has 0 saturated heterocycles. The zero-order chi connectivity index (χ0) is 12.4. The summed E-state index contributed by atoms with van der Waals surface area (Å²) in [4.78, 5) is 24.9. The van der Waals surface area contributed by atoms with Crippen LogP contribution < -0.4 is 11.2 Å². The van der Waals surface area contributed by atoms with Crippen LogP contribution in [0.25, 0.3) is 0 Å². The van der Waals surface area contributed by atoms with Gasteiger partial charge < -0.3 is 0 Å². The van der Waals surface area contributed by atoms with E-state index in [2.05, 4.69) is 20.9 Å². The van der Waals surface area contributed by atoms with Gasteiger partial charge in [-0.25, -0.2) is 4.79 Å². The molecule has 1 heterocycles. The van der Waals surface area contributed by atoms with Crippen LogP contribution >= 0.6 is 27.5 Å². The highest BCUT2D eigenvalue weighted by atomic mass is 79.9. The van der Waals surface area contributed by atoms with Crippen LogP contribution in [0.2, 0.25) is 5.02 Å². The highest BCUT2D eigenvalue weighted by Gasteiger charge is 2.04. The van der Waals surface area contributed by atoms with E-state index in [-0.39, 0.29) is 0 Å². The molecule has 1 aromatic carbocycles. The minimum absolute atomic E-state index is 0.309. The third-order valence-electron chi connectivity index (χ3n) is 2.27. The first-order chi connectivity index (χ1) is 8.08. The predicted molar refractivity (Wildman–Crippen MR) is 69.6 cm³/mol. The van der Waals surface area contributed by atoms with E-state index in [1.165, 1.54) is 10.8 Å². The van der Waals surface area contributed by atoms with E-state index in [1.54, 1.807) is 6.07 Å². The molecule has 0 radical (unpaired) electrons. The van der Waals surface area contributed by atoms with Gasteiger partial charge in [-0.1, -0.05) is 29.8 Å². The number of benzene rings is 1. The molecular formula is C11H8BrClN2O2. The summed E-state index contributed by atoms with van der Waals surface area (Å²) in [5.41, 5.74) is -0.0845. The summed E-state index contributed by atoms with van der Waals surface area (Å²) in [5, 5.41) is 0.585. The van der Waals surface area contributed by atoms with Gasteiger partial charge in [-0.2, -0.15) is 0 Å². The molecule has 0 bridgehead atoms. The summed E-state index contributed by atoms with van der Waals surface area (Å²) in [6, 6.07) is 7.24. The maximum atomic E-state index is 11.6. The molecule has 0 fully saturated rings. The molecule has 4 nitrogen and oxygen atoms in total. The second-order valence-electron chi connectivity index (χ2n) is 3.46. The molecule has 0 aliphatic heterocycles. The number of hydrogen-bond donors (Lipinski definition) is 1. The van der Waals surface area contributed by atoms with Crippen LogP contribution in [0.1, 0.15) is 5.56 Å². The zero-order valence-corrected chi connectivity index (χ0v) is 11.0. The summed E-state index contributed by atoms with van der Waals surface area (Å²) in [6.45, 7) is 0.313. The summed E-state index contributed by atoms with van der Waals surface area (Å²) in [5.74, 6) is 0. The van der Waals surface area contributed by atoms with Crippen LogP contribution in [0.3, 0.4) is 0 Å². The average molecular weight is 316 g/mol. The second kappa shape index (κ2) is 4.89. The number of hydrogen-bond acceptors (Lipinski definition) is 2. The number of nitrogens with zero attached hydrogens (tertiary/aromatic N) is 1. The van der Waals surface area contributed by atoms with Gasteiger partial charge in [0.1, 0.15) is 0 Å². The molecule has 0 saturated carbocycles. The molecule has 0 unspecified atom stereocenters. The van der Waals surface area contributed by atoms with E-state index in [0.29, 0.717) is 16.0 Å². The van der Waals surface area contributed by atoms with Crippen molar-refractivity contribution in [1.82, 2.24) is 9.55 Å². The Labute approximate surface area is 110 Å². The van der Waals surface area contributed by atoms with E-state index >= 15 is 0 Å². The zero-order valence-electron chi connectivity index (χ0n) is 8.61. The molecule has 17 heavy (non-hydrogen) atoms. The van der Waals surface area contributed by atoms with Crippen LogP contribution in [0.15, 0.2) is 44.5 Å². The number of aromatic nitrogens is 2. The Morgan fingerprint density at radius 2 is 2.00 bits per heavy atom. The molecule has 1 N–H and O–H groups in total. The fourth-order valence-corrected chi connectivity index (χ4v) is 1.95. The fraction of sp³-hybridized carbons (Fsp3) is 0.0909. The molecule has 0 atom stereocenters. The Bertz CT molecular complexity index is 663. The number of aromatic amines is 1. The molecule has 0 aliphatic carbocycles. The first-order valence-corrected chi connectivity index (χ1v) is 5.97. The number of H-pyrrole nitrogens is 1. The van der Waals surface area contributed by atoms with Crippen molar-refractivity contribution in [3.05, 3.63) is 66.4 Å². The van der Waals surface area contributed by atoms with Crippen molar-refractivity contribution < 1.29 is 0 Å². The lowest BCUT2D eigenvalue weighted by molar-refractivity contribution is 0.716. The minimum atomic E-state index is -0.460. The number of nitrogens with one attached hydrogen (secondary N) is 1. The van der Waals surface area contributed by atoms with Crippen LogP contribution in [-0.4, -0.2) is 9.55 Å². The van der Waals surface area contributed by atoms with Gasteiger partial charge in [0.25, 0.3) is 5.56 Å². The summed E-state index contributed by atoms with van der Waals surface area (Å²) >= 11 is 9.07. The maximum Gasteiger partial charge on any atom is 0.328 e. The Morgan fingerprint density at radius 1 is 1.29 bits per heavy atom. The van der Waals surface area contributed by atoms with Crippen LogP contribution in [0.5, 0.6) is 0 Å². The van der Waals surface area contributed by atoms with Crippen LogP contribution in [0, 0.1) is 0 Å². The maximum absolute atomic E-state index is 11.6. The molecule has 2 rings (SSSR count). The van der Waals surface area contributed by atoms with E-state index in [4.69, 9.17) is 11.6 Å². The number of rotatable bonds is 2. The lowest BCUT2D eigenvalue weighted by Gasteiger charge is -2.06. The van der Waals surface area contributed by atoms with E-state index < -0.39 is 11.2 Å².